The van der Waals surface area contributed by atoms with Gasteiger partial charge in [0.15, 0.2) is 0 Å². The third-order valence-electron chi connectivity index (χ3n) is 2.26. The Morgan fingerprint density at radius 2 is 2.22 bits per heavy atom. The second-order valence-electron chi connectivity index (χ2n) is 4.50. The number of anilines is 1. The first-order chi connectivity index (χ1) is 8.50. The normalized spacial score (nSPS) is 10.6. The fourth-order valence-corrected chi connectivity index (χ4v) is 1.39. The van der Waals surface area contributed by atoms with Crippen LogP contribution >= 0.6 is 0 Å². The van der Waals surface area contributed by atoms with Crippen LogP contribution in [0.4, 0.5) is 5.69 Å². The summed E-state index contributed by atoms with van der Waals surface area (Å²) in [6, 6.07) is 4.29. The van der Waals surface area contributed by atoms with Crippen LogP contribution in [0.25, 0.3) is 0 Å². The lowest BCUT2D eigenvalue weighted by Gasteiger charge is -2.09. The third-order valence-corrected chi connectivity index (χ3v) is 2.26. The minimum absolute atomic E-state index is 0.0189. The molecule has 18 heavy (non-hydrogen) atoms. The number of phenolic OH excluding ortho intramolecular Hbond substituents is 1. The molecule has 0 aliphatic rings. The van der Waals surface area contributed by atoms with E-state index in [-0.39, 0.29) is 17.2 Å². The number of carbonyl (C=O) groups is 1. The lowest BCUT2D eigenvalue weighted by Crippen LogP contribution is -2.28. The van der Waals surface area contributed by atoms with Gasteiger partial charge in [0.1, 0.15) is 5.75 Å². The molecule has 0 spiro atoms. The highest BCUT2D eigenvalue weighted by Crippen LogP contribution is 2.17. The zero-order valence-electron chi connectivity index (χ0n) is 10.8. The van der Waals surface area contributed by atoms with E-state index in [1.165, 1.54) is 18.2 Å². The summed E-state index contributed by atoms with van der Waals surface area (Å²) in [5, 5.41) is 12.0. The van der Waals surface area contributed by atoms with Gasteiger partial charge in [0.2, 0.25) is 0 Å². The number of amides is 1. The Balaban J connectivity index is 2.39. The van der Waals surface area contributed by atoms with Gasteiger partial charge in [-0.15, -0.1) is 0 Å². The lowest BCUT2D eigenvalue weighted by atomic mass is 10.1. The summed E-state index contributed by atoms with van der Waals surface area (Å²) in [5.41, 5.74) is 6.28. The Hall–Kier alpha value is -1.75. The van der Waals surface area contributed by atoms with Crippen molar-refractivity contribution in [2.45, 2.75) is 13.8 Å². The van der Waals surface area contributed by atoms with Gasteiger partial charge in [-0.1, -0.05) is 13.8 Å². The van der Waals surface area contributed by atoms with Crippen molar-refractivity contribution in [3.05, 3.63) is 23.8 Å². The summed E-state index contributed by atoms with van der Waals surface area (Å²) in [6.45, 7) is 5.67. The molecule has 0 saturated heterocycles. The van der Waals surface area contributed by atoms with Crippen molar-refractivity contribution in [2.24, 2.45) is 5.92 Å². The van der Waals surface area contributed by atoms with Crippen molar-refractivity contribution in [1.29, 1.82) is 0 Å². The topological polar surface area (TPSA) is 84.6 Å². The molecule has 5 nitrogen and oxygen atoms in total. The molecule has 0 unspecified atom stereocenters. The second-order valence-corrected chi connectivity index (χ2v) is 4.50. The molecule has 0 fully saturated rings. The molecular formula is C13H20N2O3. The van der Waals surface area contributed by atoms with Gasteiger partial charge in [0.25, 0.3) is 5.91 Å². The highest BCUT2D eigenvalue weighted by atomic mass is 16.5. The summed E-state index contributed by atoms with van der Waals surface area (Å²) >= 11 is 0. The minimum atomic E-state index is -0.309. The maximum Gasteiger partial charge on any atom is 0.253 e. The van der Waals surface area contributed by atoms with Crippen molar-refractivity contribution in [1.82, 2.24) is 5.32 Å². The Kier molecular flexibility index (Phi) is 5.45. The molecule has 5 heteroatoms. The van der Waals surface area contributed by atoms with Gasteiger partial charge in [-0.05, 0) is 24.1 Å². The van der Waals surface area contributed by atoms with Crippen LogP contribution in [-0.4, -0.2) is 30.8 Å². The molecule has 0 radical (unpaired) electrons. The third kappa shape index (κ3) is 4.63. The Labute approximate surface area is 107 Å². The van der Waals surface area contributed by atoms with Crippen LogP contribution in [-0.2, 0) is 4.74 Å². The summed E-state index contributed by atoms with van der Waals surface area (Å²) in [6.07, 6.45) is 0. The Morgan fingerprint density at radius 1 is 1.50 bits per heavy atom. The lowest BCUT2D eigenvalue weighted by molar-refractivity contribution is 0.0886. The monoisotopic (exact) mass is 252 g/mol. The van der Waals surface area contributed by atoms with Crippen LogP contribution in [0.1, 0.15) is 24.2 Å². The zero-order valence-corrected chi connectivity index (χ0v) is 10.8. The summed E-state index contributed by atoms with van der Waals surface area (Å²) in [7, 11) is 0. The van der Waals surface area contributed by atoms with Crippen LogP contribution in [0, 0.1) is 5.92 Å². The van der Waals surface area contributed by atoms with E-state index < -0.39 is 0 Å². The van der Waals surface area contributed by atoms with Crippen molar-refractivity contribution >= 4 is 11.6 Å². The van der Waals surface area contributed by atoms with Crippen molar-refractivity contribution in [2.75, 3.05) is 25.5 Å². The van der Waals surface area contributed by atoms with Gasteiger partial charge in [-0.25, -0.2) is 0 Å². The molecule has 0 aromatic heterocycles. The maximum absolute atomic E-state index is 11.8. The number of carbonyl (C=O) groups excluding carboxylic acids is 1. The SMILES string of the molecule is CC(C)COCCNC(=O)c1cc(O)ccc1N. The van der Waals surface area contributed by atoms with Crippen molar-refractivity contribution < 1.29 is 14.6 Å². The smallest absolute Gasteiger partial charge is 0.253 e. The molecule has 1 amide bonds. The fourth-order valence-electron chi connectivity index (χ4n) is 1.39. The quantitative estimate of drug-likeness (QED) is 0.405. The molecule has 0 heterocycles. The van der Waals surface area contributed by atoms with Crippen molar-refractivity contribution in [3.63, 3.8) is 0 Å². The first-order valence-corrected chi connectivity index (χ1v) is 5.95. The van der Waals surface area contributed by atoms with Gasteiger partial charge >= 0.3 is 0 Å². The molecule has 1 rings (SSSR count). The average Bonchev–Trinajstić information content (AvgIpc) is 2.31. The molecule has 0 aliphatic heterocycles. The maximum atomic E-state index is 11.8. The molecule has 1 aromatic carbocycles. The minimum Gasteiger partial charge on any atom is -0.508 e. The number of nitrogens with two attached hydrogens (primary N) is 1. The summed E-state index contributed by atoms with van der Waals surface area (Å²) in [4.78, 5) is 11.8. The molecule has 0 bridgehead atoms. The summed E-state index contributed by atoms with van der Waals surface area (Å²) < 4.78 is 5.34. The summed E-state index contributed by atoms with van der Waals surface area (Å²) in [5.74, 6) is 0.185. The Morgan fingerprint density at radius 3 is 2.89 bits per heavy atom. The van der Waals surface area contributed by atoms with E-state index in [9.17, 15) is 9.90 Å². The number of benzene rings is 1. The average molecular weight is 252 g/mol. The van der Waals surface area contributed by atoms with E-state index in [1.54, 1.807) is 0 Å². The predicted molar refractivity (Wildman–Crippen MR) is 70.5 cm³/mol. The second kappa shape index (κ2) is 6.86. The molecule has 4 N–H and O–H groups in total. The van der Waals surface area contributed by atoms with E-state index >= 15 is 0 Å². The first kappa shape index (κ1) is 14.3. The number of hydrogen-bond acceptors (Lipinski definition) is 4. The van der Waals surface area contributed by atoms with E-state index in [1.807, 2.05) is 0 Å². The standard InChI is InChI=1S/C13H20N2O3/c1-9(2)8-18-6-5-15-13(17)11-7-10(16)3-4-12(11)14/h3-4,7,9,16H,5-6,8,14H2,1-2H3,(H,15,17). The van der Waals surface area contributed by atoms with E-state index in [0.29, 0.717) is 31.4 Å². The first-order valence-electron chi connectivity index (χ1n) is 5.95. The number of rotatable bonds is 6. The van der Waals surface area contributed by atoms with E-state index in [4.69, 9.17) is 10.5 Å². The van der Waals surface area contributed by atoms with Gasteiger partial charge in [0.05, 0.1) is 12.2 Å². The van der Waals surface area contributed by atoms with Gasteiger partial charge < -0.3 is 20.9 Å². The van der Waals surface area contributed by atoms with Crippen LogP contribution < -0.4 is 11.1 Å². The highest BCUT2D eigenvalue weighted by molar-refractivity contribution is 5.99. The van der Waals surface area contributed by atoms with Gasteiger partial charge in [-0.2, -0.15) is 0 Å². The molecular weight excluding hydrogens is 232 g/mol. The van der Waals surface area contributed by atoms with Gasteiger partial charge in [0, 0.05) is 18.8 Å². The molecule has 0 aliphatic carbocycles. The van der Waals surface area contributed by atoms with Crippen LogP contribution in [0.3, 0.4) is 0 Å². The van der Waals surface area contributed by atoms with Crippen LogP contribution in [0.5, 0.6) is 5.75 Å². The largest absolute Gasteiger partial charge is 0.508 e. The number of phenols is 1. The number of ether oxygens (including phenoxy) is 1. The highest BCUT2D eigenvalue weighted by Gasteiger charge is 2.09. The number of aromatic hydroxyl groups is 1. The van der Waals surface area contributed by atoms with Crippen molar-refractivity contribution in [3.8, 4) is 5.75 Å². The molecule has 100 valence electrons. The predicted octanol–water partition coefficient (Wildman–Crippen LogP) is 1.38. The Bertz CT molecular complexity index is 405. The molecule has 1 aromatic rings. The van der Waals surface area contributed by atoms with E-state index in [0.717, 1.165) is 0 Å². The molecule has 0 atom stereocenters. The number of nitrogens with one attached hydrogen (secondary N) is 1. The number of nitrogen functional groups attached to an aromatic ring is 1. The van der Waals surface area contributed by atoms with Crippen LogP contribution in [0.2, 0.25) is 0 Å². The van der Waals surface area contributed by atoms with E-state index in [2.05, 4.69) is 19.2 Å². The van der Waals surface area contributed by atoms with Crippen LogP contribution in [0.15, 0.2) is 18.2 Å². The molecule has 0 saturated carbocycles. The fraction of sp³-hybridized carbons (Fsp3) is 0.462. The van der Waals surface area contributed by atoms with Gasteiger partial charge in [-0.3, -0.25) is 4.79 Å². The zero-order chi connectivity index (χ0) is 13.5. The number of hydrogen-bond donors (Lipinski definition) is 3.